The molecule has 174 valence electrons. The summed E-state index contributed by atoms with van der Waals surface area (Å²) in [6.07, 6.45) is -34.5. The number of hydrogen-bond donors (Lipinski definition) is 1. The molecule has 1 rings (SSSR count). The van der Waals surface area contributed by atoms with Gasteiger partial charge in [-0.2, -0.15) is 65.9 Å². The molecule has 0 aliphatic heterocycles. The summed E-state index contributed by atoms with van der Waals surface area (Å²) < 4.78 is 198. The largest absolute Gasteiger partial charge is 0.396 e. The van der Waals surface area contributed by atoms with Gasteiger partial charge >= 0.3 is 30.9 Å². The van der Waals surface area contributed by atoms with Crippen LogP contribution in [0.5, 0.6) is 0 Å². The van der Waals surface area contributed by atoms with Gasteiger partial charge in [0.05, 0.1) is 29.6 Å². The third kappa shape index (κ3) is 5.34. The summed E-state index contributed by atoms with van der Waals surface area (Å²) in [5, 5.41) is 8.67. The summed E-state index contributed by atoms with van der Waals surface area (Å²) in [6, 6.07) is 0. The molecule has 0 bridgehead atoms. The molecule has 0 aromatic carbocycles. The highest BCUT2D eigenvalue weighted by molar-refractivity contribution is 5.06. The zero-order chi connectivity index (χ0) is 23.4. The lowest BCUT2D eigenvalue weighted by Crippen LogP contribution is -2.64. The number of hydrogen-bond acceptors (Lipinski definition) is 1. The lowest BCUT2D eigenvalue weighted by Gasteiger charge is -2.53. The van der Waals surface area contributed by atoms with Crippen molar-refractivity contribution in [1.29, 1.82) is 0 Å². The predicted octanol–water partition coefficient (Wildman–Crippen LogP) is 5.89. The van der Waals surface area contributed by atoms with Crippen LogP contribution in [-0.4, -0.2) is 42.6 Å². The standard InChI is InChI=1S/C13H11F15O/c14-9(15,16)4-3(1-2-29)5(10(17,18)19)7(12(23,24)25)8(13(26,27)28)6(4)11(20,21)22/h3-8,29H,1-2H2. The first-order valence-corrected chi connectivity index (χ1v) is 7.50. The molecule has 16 heteroatoms. The highest BCUT2D eigenvalue weighted by Crippen LogP contribution is 2.66. The number of alkyl halides is 15. The Bertz CT molecular complexity index is 511. The Balaban J connectivity index is 4.01. The Labute approximate surface area is 151 Å². The Morgan fingerprint density at radius 3 is 0.793 bits per heavy atom. The van der Waals surface area contributed by atoms with Crippen molar-refractivity contribution in [3.8, 4) is 0 Å². The first-order chi connectivity index (χ1) is 12.6. The van der Waals surface area contributed by atoms with Crippen molar-refractivity contribution >= 4 is 0 Å². The van der Waals surface area contributed by atoms with Crippen molar-refractivity contribution in [2.75, 3.05) is 6.61 Å². The van der Waals surface area contributed by atoms with Gasteiger partial charge in [-0.3, -0.25) is 0 Å². The molecule has 0 amide bonds. The highest BCUT2D eigenvalue weighted by atomic mass is 19.4. The van der Waals surface area contributed by atoms with Crippen molar-refractivity contribution in [3.63, 3.8) is 0 Å². The van der Waals surface area contributed by atoms with Crippen LogP contribution in [-0.2, 0) is 0 Å². The summed E-state index contributed by atoms with van der Waals surface area (Å²) in [6.45, 7) is -1.71. The van der Waals surface area contributed by atoms with E-state index in [9.17, 15) is 65.9 Å². The molecule has 1 aliphatic rings. The normalized spacial score (nSPS) is 33.1. The van der Waals surface area contributed by atoms with Gasteiger partial charge in [-0.25, -0.2) is 0 Å². The number of aliphatic hydroxyl groups excluding tert-OH is 1. The van der Waals surface area contributed by atoms with E-state index in [4.69, 9.17) is 5.11 Å². The molecule has 1 N–H and O–H groups in total. The molecule has 0 aromatic heterocycles. The Kier molecular flexibility index (Phi) is 6.76. The average Bonchev–Trinajstić information content (AvgIpc) is 2.40. The van der Waals surface area contributed by atoms with E-state index in [0.717, 1.165) is 0 Å². The third-order valence-electron chi connectivity index (χ3n) is 4.82. The van der Waals surface area contributed by atoms with Crippen molar-refractivity contribution in [1.82, 2.24) is 0 Å². The Hall–Kier alpha value is -1.09. The molecule has 1 nitrogen and oxygen atoms in total. The van der Waals surface area contributed by atoms with Gasteiger partial charge in [0, 0.05) is 6.61 Å². The lowest BCUT2D eigenvalue weighted by molar-refractivity contribution is -0.391. The molecule has 1 aliphatic carbocycles. The zero-order valence-corrected chi connectivity index (χ0v) is 13.5. The summed E-state index contributed by atoms with van der Waals surface area (Å²) in [7, 11) is 0. The van der Waals surface area contributed by atoms with E-state index in [1.165, 1.54) is 0 Å². The van der Waals surface area contributed by atoms with E-state index in [2.05, 4.69) is 0 Å². The summed E-state index contributed by atoms with van der Waals surface area (Å²) in [5.41, 5.74) is 0. The first kappa shape index (κ1) is 25.9. The molecular weight excluding hydrogens is 457 g/mol. The van der Waals surface area contributed by atoms with Gasteiger partial charge in [0.15, 0.2) is 0 Å². The van der Waals surface area contributed by atoms with Crippen molar-refractivity contribution < 1.29 is 71.0 Å². The minimum Gasteiger partial charge on any atom is -0.396 e. The maximum absolute atomic E-state index is 13.2. The molecule has 1 fully saturated rings. The van der Waals surface area contributed by atoms with E-state index in [0.29, 0.717) is 0 Å². The van der Waals surface area contributed by atoms with Crippen molar-refractivity contribution in [2.24, 2.45) is 35.5 Å². The molecule has 0 saturated heterocycles. The monoisotopic (exact) mass is 468 g/mol. The first-order valence-electron chi connectivity index (χ1n) is 7.50. The minimum absolute atomic E-state index is 1.71. The second-order valence-corrected chi connectivity index (χ2v) is 6.51. The van der Waals surface area contributed by atoms with E-state index in [-0.39, 0.29) is 0 Å². The summed E-state index contributed by atoms with van der Waals surface area (Å²) >= 11 is 0. The van der Waals surface area contributed by atoms with Crippen LogP contribution in [0.3, 0.4) is 0 Å². The lowest BCUT2D eigenvalue weighted by atomic mass is 9.54. The minimum atomic E-state index is -6.70. The second-order valence-electron chi connectivity index (χ2n) is 6.51. The summed E-state index contributed by atoms with van der Waals surface area (Å²) in [5.74, 6) is -27.3. The van der Waals surface area contributed by atoms with Gasteiger partial charge in [-0.1, -0.05) is 0 Å². The molecule has 0 aromatic rings. The molecule has 4 atom stereocenters. The van der Waals surface area contributed by atoms with Crippen LogP contribution in [0.25, 0.3) is 0 Å². The quantitative estimate of drug-likeness (QED) is 0.502. The predicted molar refractivity (Wildman–Crippen MR) is 62.9 cm³/mol. The van der Waals surface area contributed by atoms with Crippen molar-refractivity contribution in [3.05, 3.63) is 0 Å². The second kappa shape index (κ2) is 7.55. The maximum Gasteiger partial charge on any atom is 0.393 e. The number of halogens is 15. The van der Waals surface area contributed by atoms with Crippen LogP contribution in [0, 0.1) is 35.5 Å². The van der Waals surface area contributed by atoms with Gasteiger partial charge < -0.3 is 5.11 Å². The Morgan fingerprint density at radius 2 is 0.621 bits per heavy atom. The summed E-state index contributed by atoms with van der Waals surface area (Å²) in [4.78, 5) is 0. The fourth-order valence-corrected chi connectivity index (χ4v) is 4.05. The molecule has 4 unspecified atom stereocenters. The molecule has 0 heterocycles. The molecule has 1 saturated carbocycles. The van der Waals surface area contributed by atoms with Crippen LogP contribution >= 0.6 is 0 Å². The van der Waals surface area contributed by atoms with Crippen LogP contribution in [0.1, 0.15) is 6.42 Å². The topological polar surface area (TPSA) is 20.2 Å². The van der Waals surface area contributed by atoms with Gasteiger partial charge in [0.25, 0.3) is 0 Å². The highest BCUT2D eigenvalue weighted by Gasteiger charge is 2.78. The fourth-order valence-electron chi connectivity index (χ4n) is 4.05. The zero-order valence-electron chi connectivity index (χ0n) is 13.5. The maximum atomic E-state index is 13.2. The fraction of sp³-hybridized carbons (Fsp3) is 1.00. The molecule has 0 spiro atoms. The number of rotatable bonds is 2. The van der Waals surface area contributed by atoms with Gasteiger partial charge in [-0.15, -0.1) is 0 Å². The van der Waals surface area contributed by atoms with Crippen LogP contribution in [0.4, 0.5) is 65.9 Å². The number of aliphatic hydroxyl groups is 1. The van der Waals surface area contributed by atoms with E-state index in [1.807, 2.05) is 0 Å². The van der Waals surface area contributed by atoms with Crippen LogP contribution in [0.2, 0.25) is 0 Å². The molecule has 0 radical (unpaired) electrons. The van der Waals surface area contributed by atoms with Crippen LogP contribution < -0.4 is 0 Å². The molecule has 29 heavy (non-hydrogen) atoms. The smallest absolute Gasteiger partial charge is 0.393 e. The third-order valence-corrected chi connectivity index (χ3v) is 4.82. The Morgan fingerprint density at radius 1 is 0.414 bits per heavy atom. The van der Waals surface area contributed by atoms with E-state index < -0.39 is 79.4 Å². The SMILES string of the molecule is OCCC1C(C(F)(F)F)C(C(F)(F)F)C(C(F)(F)F)C(C(F)(F)F)C1C(F)(F)F. The van der Waals surface area contributed by atoms with Gasteiger partial charge in [-0.05, 0) is 12.3 Å². The van der Waals surface area contributed by atoms with E-state index >= 15 is 0 Å². The van der Waals surface area contributed by atoms with Gasteiger partial charge in [0.1, 0.15) is 0 Å². The van der Waals surface area contributed by atoms with Crippen LogP contribution in [0.15, 0.2) is 0 Å². The van der Waals surface area contributed by atoms with Gasteiger partial charge in [0.2, 0.25) is 0 Å². The van der Waals surface area contributed by atoms with E-state index in [1.54, 1.807) is 0 Å². The van der Waals surface area contributed by atoms with Crippen molar-refractivity contribution in [2.45, 2.75) is 37.3 Å². The average molecular weight is 468 g/mol. The molecular formula is C13H11F15O.